The molecule has 1 aromatic carbocycles. The maximum atomic E-state index is 12.1. The molecule has 0 aliphatic carbocycles. The van der Waals surface area contributed by atoms with E-state index in [0.717, 1.165) is 24.8 Å². The summed E-state index contributed by atoms with van der Waals surface area (Å²) in [6, 6.07) is 7.39. The number of aryl methyl sites for hydroxylation is 1. The summed E-state index contributed by atoms with van der Waals surface area (Å²) in [6.07, 6.45) is 4.64. The highest BCUT2D eigenvalue weighted by atomic mass is 16.5. The van der Waals surface area contributed by atoms with Crippen LogP contribution in [0.2, 0.25) is 0 Å². The predicted octanol–water partition coefficient (Wildman–Crippen LogP) is 4.08. The van der Waals surface area contributed by atoms with Gasteiger partial charge >= 0.3 is 11.7 Å². The van der Waals surface area contributed by atoms with E-state index in [0.29, 0.717) is 11.4 Å². The summed E-state index contributed by atoms with van der Waals surface area (Å²) in [4.78, 5) is 16.4. The van der Waals surface area contributed by atoms with Gasteiger partial charge in [-0.15, -0.1) is 0 Å². The third-order valence-corrected chi connectivity index (χ3v) is 3.41. The molecule has 2 aromatic rings. The molecule has 0 N–H and O–H groups in total. The van der Waals surface area contributed by atoms with Crippen LogP contribution in [0.3, 0.4) is 0 Å². The second-order valence-electron chi connectivity index (χ2n) is 5.57. The average Bonchev–Trinajstić information content (AvgIpc) is 2.92. The summed E-state index contributed by atoms with van der Waals surface area (Å²) in [6.45, 7) is 5.82. The maximum Gasteiger partial charge on any atom is 0.399 e. The fourth-order valence-electron chi connectivity index (χ4n) is 2.21. The van der Waals surface area contributed by atoms with Gasteiger partial charge in [0.15, 0.2) is 0 Å². The van der Waals surface area contributed by atoms with Crippen molar-refractivity contribution in [1.82, 2.24) is 0 Å². The zero-order chi connectivity index (χ0) is 16.7. The minimum atomic E-state index is -0.246. The number of carbonyl (C=O) groups is 1. The Morgan fingerprint density at radius 2 is 2.13 bits per heavy atom. The van der Waals surface area contributed by atoms with Gasteiger partial charge in [0.05, 0.1) is 18.2 Å². The van der Waals surface area contributed by atoms with E-state index >= 15 is 0 Å². The van der Waals surface area contributed by atoms with Crippen molar-refractivity contribution in [3.05, 3.63) is 47.6 Å². The minimum absolute atomic E-state index is 0.0609. The smallest absolute Gasteiger partial charge is 0.399 e. The molecule has 0 saturated carbocycles. The van der Waals surface area contributed by atoms with Crippen LogP contribution >= 0.6 is 0 Å². The van der Waals surface area contributed by atoms with E-state index in [2.05, 4.69) is 11.9 Å². The Morgan fingerprint density at radius 3 is 2.83 bits per heavy atom. The van der Waals surface area contributed by atoms with Gasteiger partial charge in [0.2, 0.25) is 0 Å². The first-order valence-corrected chi connectivity index (χ1v) is 7.96. The van der Waals surface area contributed by atoms with E-state index in [-0.39, 0.29) is 24.2 Å². The molecule has 1 unspecified atom stereocenters. The second kappa shape index (κ2) is 8.36. The Labute approximate surface area is 136 Å². The Balaban J connectivity index is 2.07. The van der Waals surface area contributed by atoms with Gasteiger partial charge in [0.1, 0.15) is 12.0 Å². The number of rotatable bonds is 7. The van der Waals surface area contributed by atoms with Crippen molar-refractivity contribution < 1.29 is 18.4 Å². The average molecular weight is 317 g/mol. The van der Waals surface area contributed by atoms with Crippen molar-refractivity contribution in [1.29, 1.82) is 0 Å². The Hall–Kier alpha value is -2.30. The van der Waals surface area contributed by atoms with Crippen LogP contribution in [-0.4, -0.2) is 12.1 Å². The van der Waals surface area contributed by atoms with Crippen LogP contribution in [0.1, 0.15) is 44.4 Å². The lowest BCUT2D eigenvalue weighted by Crippen LogP contribution is -2.16. The lowest BCUT2D eigenvalue weighted by Gasteiger charge is -2.13. The quantitative estimate of drug-likeness (QED) is 0.722. The van der Waals surface area contributed by atoms with E-state index in [1.807, 2.05) is 31.2 Å². The Morgan fingerprint density at radius 1 is 1.35 bits per heavy atom. The van der Waals surface area contributed by atoms with Gasteiger partial charge in [-0.3, -0.25) is 4.79 Å². The fraction of sp³-hybridized carbons (Fsp3) is 0.444. The van der Waals surface area contributed by atoms with E-state index in [9.17, 15) is 4.79 Å². The molecule has 0 fully saturated rings. The molecule has 0 aliphatic heterocycles. The number of nitrogens with zero attached hydrogens (tertiary/aromatic N) is 1. The van der Waals surface area contributed by atoms with Gasteiger partial charge in [-0.2, -0.15) is 4.99 Å². The summed E-state index contributed by atoms with van der Waals surface area (Å²) < 4.78 is 15.9. The molecule has 0 bridgehead atoms. The molecule has 5 heteroatoms. The molecule has 0 radical (unpaired) electrons. The fourth-order valence-corrected chi connectivity index (χ4v) is 2.21. The highest BCUT2D eigenvalue weighted by Crippen LogP contribution is 2.19. The van der Waals surface area contributed by atoms with Crippen molar-refractivity contribution in [2.24, 2.45) is 4.99 Å². The van der Waals surface area contributed by atoms with E-state index in [4.69, 9.17) is 13.6 Å². The van der Waals surface area contributed by atoms with E-state index < -0.39 is 0 Å². The summed E-state index contributed by atoms with van der Waals surface area (Å²) in [7, 11) is 0. The molecule has 1 atom stereocenters. The molecular formula is C18H23NO4. The molecule has 0 aliphatic rings. The van der Waals surface area contributed by atoms with Gasteiger partial charge in [-0.25, -0.2) is 0 Å². The molecule has 124 valence electrons. The highest BCUT2D eigenvalue weighted by Gasteiger charge is 2.12. The van der Waals surface area contributed by atoms with Crippen molar-refractivity contribution in [2.45, 2.75) is 52.6 Å². The molecule has 0 saturated heterocycles. The molecule has 0 spiro atoms. The lowest BCUT2D eigenvalue weighted by molar-refractivity contribution is -0.147. The van der Waals surface area contributed by atoms with E-state index in [1.165, 1.54) is 6.26 Å². The Kier molecular flexibility index (Phi) is 6.20. The van der Waals surface area contributed by atoms with Crippen molar-refractivity contribution in [3.8, 4) is 0 Å². The van der Waals surface area contributed by atoms with Gasteiger partial charge in [0, 0.05) is 0 Å². The number of ether oxygens (including phenoxy) is 1. The van der Waals surface area contributed by atoms with E-state index in [1.54, 1.807) is 6.92 Å². The summed E-state index contributed by atoms with van der Waals surface area (Å²) >= 11 is 0. The number of para-hydroxylation sites is 1. The van der Waals surface area contributed by atoms with Gasteiger partial charge in [-0.05, 0) is 31.9 Å². The summed E-state index contributed by atoms with van der Waals surface area (Å²) in [5.74, 6) is 0.564. The van der Waals surface area contributed by atoms with Crippen molar-refractivity contribution in [3.63, 3.8) is 0 Å². The third-order valence-electron chi connectivity index (χ3n) is 3.41. The highest BCUT2D eigenvalue weighted by molar-refractivity contribution is 5.74. The molecule has 2 rings (SSSR count). The van der Waals surface area contributed by atoms with Crippen molar-refractivity contribution in [2.75, 3.05) is 0 Å². The monoisotopic (exact) mass is 317 g/mol. The molecule has 1 heterocycles. The van der Waals surface area contributed by atoms with Gasteiger partial charge in [-0.1, -0.05) is 38.0 Å². The zero-order valence-electron chi connectivity index (χ0n) is 13.9. The summed E-state index contributed by atoms with van der Waals surface area (Å²) in [5, 5.41) is 0. The van der Waals surface area contributed by atoms with Crippen LogP contribution < -0.4 is 5.75 Å². The largest absolute Gasteiger partial charge is 0.462 e. The molecule has 1 aromatic heterocycles. The third kappa shape index (κ3) is 5.43. The molecular weight excluding hydrogens is 294 g/mol. The second-order valence-corrected chi connectivity index (χ2v) is 5.57. The normalized spacial score (nSPS) is 13.1. The Bertz CT molecular complexity index is 699. The molecule has 0 amide bonds. The molecule has 23 heavy (non-hydrogen) atoms. The van der Waals surface area contributed by atoms with Crippen LogP contribution in [0.15, 0.2) is 44.4 Å². The number of carbonyl (C=O) groups excluding carboxylic acids is 1. The first-order valence-electron chi connectivity index (χ1n) is 7.96. The maximum absolute atomic E-state index is 12.1. The number of unbranched alkanes of at least 4 members (excludes halogenated alkanes) is 1. The first kappa shape index (κ1) is 17.1. The van der Waals surface area contributed by atoms with Crippen LogP contribution in [0, 0.1) is 6.92 Å². The van der Waals surface area contributed by atoms with Gasteiger partial charge in [0.25, 0.3) is 0 Å². The predicted molar refractivity (Wildman–Crippen MR) is 86.2 cm³/mol. The topological polar surface area (TPSA) is 64.9 Å². The van der Waals surface area contributed by atoms with Crippen LogP contribution in [0.4, 0.5) is 5.69 Å². The van der Waals surface area contributed by atoms with Gasteiger partial charge < -0.3 is 13.6 Å². The number of hydrogen-bond donors (Lipinski definition) is 0. The molecule has 5 nitrogen and oxygen atoms in total. The number of hydrogen-bond acceptors (Lipinski definition) is 5. The SMILES string of the molecule is CCCCC(C)OC(=O)Cc1ccccc1N=c1occ(C)o1. The number of esters is 1. The van der Waals surface area contributed by atoms with Crippen LogP contribution in [0.25, 0.3) is 0 Å². The first-order chi connectivity index (χ1) is 11.1. The lowest BCUT2D eigenvalue weighted by atomic mass is 10.1. The van der Waals surface area contributed by atoms with Crippen molar-refractivity contribution >= 4 is 11.7 Å². The number of benzene rings is 1. The standard InChI is InChI=1S/C18H23NO4/c1-4-5-8-13(2)22-17(20)11-15-9-6-7-10-16(15)19-18-21-12-14(3)23-18/h6-7,9-10,12-13H,4-5,8,11H2,1-3H3. The van der Waals surface area contributed by atoms with Crippen LogP contribution in [0.5, 0.6) is 0 Å². The zero-order valence-corrected chi connectivity index (χ0v) is 13.9. The minimum Gasteiger partial charge on any atom is -0.462 e. The summed E-state index contributed by atoms with van der Waals surface area (Å²) in [5.41, 5.74) is 1.42. The van der Waals surface area contributed by atoms with Crippen LogP contribution in [-0.2, 0) is 16.0 Å².